The maximum atomic E-state index is 9.57. The molecular weight excluding hydrogens is 146 g/mol. The van der Waals surface area contributed by atoms with E-state index in [4.69, 9.17) is 19.3 Å². The van der Waals surface area contributed by atoms with Gasteiger partial charge in [0.15, 0.2) is 0 Å². The molecule has 0 bridgehead atoms. The number of hydrogen-bond donors (Lipinski definition) is 2. The molecule has 9 heavy (non-hydrogen) atoms. The van der Waals surface area contributed by atoms with Gasteiger partial charge < -0.3 is 10.8 Å². The van der Waals surface area contributed by atoms with Gasteiger partial charge in [0.1, 0.15) is 6.04 Å². The molecule has 0 aromatic rings. The van der Waals surface area contributed by atoms with E-state index in [0.717, 1.165) is 0 Å². The number of carbonyl (C=O) groups is 1. The van der Waals surface area contributed by atoms with Crippen molar-refractivity contribution >= 4 is 17.5 Å². The fraction of sp³-hybridized carbons (Fsp3) is 0.667. The summed E-state index contributed by atoms with van der Waals surface area (Å²) in [7, 11) is 0. The standard InChI is InChI=1S/C3H7NO2.O2S/c1-2(4)3(5)6;1-3-2/h2H,4H2,1H3,(H,5,6);/t2-;/m0./s1. The van der Waals surface area contributed by atoms with Gasteiger partial charge in [-0.15, -0.1) is 0 Å². The van der Waals surface area contributed by atoms with Crippen LogP contribution in [0.3, 0.4) is 0 Å². The quantitative estimate of drug-likeness (QED) is 0.490. The molecule has 0 saturated carbocycles. The summed E-state index contributed by atoms with van der Waals surface area (Å²) in [5.41, 5.74) is 4.84. The van der Waals surface area contributed by atoms with Gasteiger partial charge in [-0.25, -0.2) is 0 Å². The van der Waals surface area contributed by atoms with Crippen LogP contribution in [0.2, 0.25) is 0 Å². The molecule has 0 spiro atoms. The highest BCUT2D eigenvalue weighted by Crippen LogP contribution is 1.68. The van der Waals surface area contributed by atoms with Crippen LogP contribution in [0.1, 0.15) is 6.92 Å². The van der Waals surface area contributed by atoms with Gasteiger partial charge in [0.25, 0.3) is 0 Å². The van der Waals surface area contributed by atoms with Gasteiger partial charge in [-0.3, -0.25) is 4.79 Å². The van der Waals surface area contributed by atoms with Gasteiger partial charge >= 0.3 is 17.5 Å². The van der Waals surface area contributed by atoms with E-state index >= 15 is 0 Å². The molecule has 1 atom stereocenters. The predicted molar refractivity (Wildman–Crippen MR) is 30.2 cm³/mol. The van der Waals surface area contributed by atoms with E-state index in [1.807, 2.05) is 0 Å². The molecule has 0 unspecified atom stereocenters. The number of hydrogen-bond acceptors (Lipinski definition) is 4. The Morgan fingerprint density at radius 2 is 1.78 bits per heavy atom. The van der Waals surface area contributed by atoms with Crippen LogP contribution >= 0.6 is 0 Å². The molecule has 0 aromatic carbocycles. The molecule has 0 aliphatic rings. The molecular formula is C3H7NO4S. The second-order valence-corrected chi connectivity index (χ2v) is 1.33. The van der Waals surface area contributed by atoms with Crippen LogP contribution in [0.15, 0.2) is 0 Å². The Morgan fingerprint density at radius 1 is 1.67 bits per heavy atom. The minimum Gasteiger partial charge on any atom is -0.480 e. The third-order valence-electron chi connectivity index (χ3n) is 0.390. The molecule has 0 saturated heterocycles. The van der Waals surface area contributed by atoms with E-state index in [-0.39, 0.29) is 0 Å². The van der Waals surface area contributed by atoms with Crippen molar-refractivity contribution in [3.05, 3.63) is 0 Å². The van der Waals surface area contributed by atoms with Crippen LogP contribution in [0.5, 0.6) is 0 Å². The number of rotatable bonds is 1. The van der Waals surface area contributed by atoms with Gasteiger partial charge in [-0.1, -0.05) is 0 Å². The Balaban J connectivity index is 0. The summed E-state index contributed by atoms with van der Waals surface area (Å²) < 4.78 is 16.6. The number of carboxylic acid groups (broad SMARTS) is 1. The SMILES string of the molecule is C[C@H](N)C(=O)O.O=S=O. The first kappa shape index (κ1) is 11.1. The third-order valence-corrected chi connectivity index (χ3v) is 0.390. The monoisotopic (exact) mass is 153 g/mol. The maximum absolute atomic E-state index is 9.57. The summed E-state index contributed by atoms with van der Waals surface area (Å²) in [6, 6.07) is -0.731. The minimum atomic E-state index is -0.963. The Morgan fingerprint density at radius 3 is 1.78 bits per heavy atom. The average molecular weight is 153 g/mol. The summed E-state index contributed by atoms with van der Waals surface area (Å²) in [6.45, 7) is 1.42. The number of carboxylic acids is 1. The first-order chi connectivity index (χ1) is 4.06. The zero-order valence-electron chi connectivity index (χ0n) is 4.73. The van der Waals surface area contributed by atoms with Crippen LogP contribution < -0.4 is 5.73 Å². The van der Waals surface area contributed by atoms with Crippen LogP contribution in [0, 0.1) is 0 Å². The zero-order chi connectivity index (χ0) is 7.86. The molecule has 6 heteroatoms. The Hall–Kier alpha value is -0.750. The highest BCUT2D eigenvalue weighted by molar-refractivity contribution is 7.51. The van der Waals surface area contributed by atoms with Crippen LogP contribution in [-0.2, 0) is 16.4 Å². The second kappa shape index (κ2) is 7.25. The lowest BCUT2D eigenvalue weighted by molar-refractivity contribution is -0.138. The molecule has 0 amide bonds. The minimum absolute atomic E-state index is 0.731. The molecule has 0 aromatic heterocycles. The van der Waals surface area contributed by atoms with Crippen molar-refractivity contribution in [2.45, 2.75) is 13.0 Å². The van der Waals surface area contributed by atoms with E-state index in [1.54, 1.807) is 0 Å². The number of nitrogens with two attached hydrogens (primary N) is 1. The van der Waals surface area contributed by atoms with E-state index in [9.17, 15) is 4.79 Å². The van der Waals surface area contributed by atoms with Crippen molar-refractivity contribution in [2.24, 2.45) is 5.73 Å². The van der Waals surface area contributed by atoms with E-state index in [0.29, 0.717) is 0 Å². The molecule has 0 fully saturated rings. The van der Waals surface area contributed by atoms with Crippen molar-refractivity contribution < 1.29 is 18.3 Å². The van der Waals surface area contributed by atoms with E-state index in [2.05, 4.69) is 0 Å². The average Bonchev–Trinajstić information content (AvgIpc) is 1.68. The Bertz CT molecular complexity index is 117. The lowest BCUT2D eigenvalue weighted by Crippen LogP contribution is -2.25. The van der Waals surface area contributed by atoms with Crippen molar-refractivity contribution in [1.82, 2.24) is 0 Å². The lowest BCUT2D eigenvalue weighted by Gasteiger charge is -1.90. The normalized spacial score (nSPS) is 10.4. The highest BCUT2D eigenvalue weighted by atomic mass is 32.1. The van der Waals surface area contributed by atoms with Gasteiger partial charge in [-0.2, -0.15) is 8.42 Å². The van der Waals surface area contributed by atoms with Crippen LogP contribution in [0.4, 0.5) is 0 Å². The molecule has 0 radical (unpaired) electrons. The van der Waals surface area contributed by atoms with Crippen molar-refractivity contribution in [1.29, 1.82) is 0 Å². The first-order valence-corrected chi connectivity index (χ1v) is 2.63. The van der Waals surface area contributed by atoms with Crippen LogP contribution in [-0.4, -0.2) is 25.5 Å². The molecule has 0 aliphatic heterocycles. The van der Waals surface area contributed by atoms with Crippen molar-refractivity contribution in [3.8, 4) is 0 Å². The third kappa shape index (κ3) is 18.9. The van der Waals surface area contributed by atoms with Gasteiger partial charge in [0.05, 0.1) is 0 Å². The molecule has 54 valence electrons. The largest absolute Gasteiger partial charge is 0.480 e. The van der Waals surface area contributed by atoms with Crippen molar-refractivity contribution in [3.63, 3.8) is 0 Å². The maximum Gasteiger partial charge on any atom is 0.335 e. The van der Waals surface area contributed by atoms with Gasteiger partial charge in [0.2, 0.25) is 0 Å². The summed E-state index contributed by atoms with van der Waals surface area (Å²) >= 11 is -0.750. The molecule has 5 nitrogen and oxygen atoms in total. The van der Waals surface area contributed by atoms with Gasteiger partial charge in [0, 0.05) is 0 Å². The zero-order valence-corrected chi connectivity index (χ0v) is 5.55. The summed E-state index contributed by atoms with van der Waals surface area (Å²) in [6.07, 6.45) is 0. The fourth-order valence-corrected chi connectivity index (χ4v) is 0. The molecule has 0 heterocycles. The number of aliphatic carboxylic acids is 1. The summed E-state index contributed by atoms with van der Waals surface area (Å²) in [4.78, 5) is 9.57. The Labute approximate surface area is 55.5 Å². The molecule has 3 N–H and O–H groups in total. The molecule has 0 rings (SSSR count). The summed E-state index contributed by atoms with van der Waals surface area (Å²) in [5, 5.41) is 7.87. The van der Waals surface area contributed by atoms with E-state index < -0.39 is 23.6 Å². The first-order valence-electron chi connectivity index (χ1n) is 1.96. The second-order valence-electron chi connectivity index (χ2n) is 1.19. The summed E-state index contributed by atoms with van der Waals surface area (Å²) in [5.74, 6) is -0.963. The van der Waals surface area contributed by atoms with Crippen molar-refractivity contribution in [2.75, 3.05) is 0 Å². The smallest absolute Gasteiger partial charge is 0.335 e. The Kier molecular flexibility index (Phi) is 8.94. The van der Waals surface area contributed by atoms with Gasteiger partial charge in [-0.05, 0) is 6.92 Å². The highest BCUT2D eigenvalue weighted by Gasteiger charge is 1.99. The van der Waals surface area contributed by atoms with Crippen LogP contribution in [0.25, 0.3) is 0 Å². The predicted octanol–water partition coefficient (Wildman–Crippen LogP) is -1.25. The lowest BCUT2D eigenvalue weighted by atomic mass is 10.4. The van der Waals surface area contributed by atoms with E-state index in [1.165, 1.54) is 6.92 Å². The topological polar surface area (TPSA) is 97.5 Å². The molecule has 0 aliphatic carbocycles. The fourth-order valence-electron chi connectivity index (χ4n) is 0.